The van der Waals surface area contributed by atoms with Crippen molar-refractivity contribution in [1.82, 2.24) is 10.3 Å². The maximum atomic E-state index is 12.5. The first-order valence-electron chi connectivity index (χ1n) is 9.21. The van der Waals surface area contributed by atoms with Gasteiger partial charge in [-0.25, -0.2) is 8.42 Å². The van der Waals surface area contributed by atoms with E-state index in [4.69, 9.17) is 0 Å². The highest BCUT2D eigenvalue weighted by molar-refractivity contribution is 7.91. The van der Waals surface area contributed by atoms with Crippen LogP contribution in [0.4, 0.5) is 5.69 Å². The van der Waals surface area contributed by atoms with Crippen molar-refractivity contribution in [1.29, 1.82) is 0 Å². The van der Waals surface area contributed by atoms with Crippen molar-refractivity contribution in [3.63, 3.8) is 0 Å². The van der Waals surface area contributed by atoms with Gasteiger partial charge in [-0.1, -0.05) is 19.3 Å². The Morgan fingerprint density at radius 2 is 2.00 bits per heavy atom. The van der Waals surface area contributed by atoms with E-state index < -0.39 is 9.84 Å². The van der Waals surface area contributed by atoms with Gasteiger partial charge in [-0.05, 0) is 32.3 Å². The van der Waals surface area contributed by atoms with Crippen LogP contribution in [0.3, 0.4) is 0 Å². The van der Waals surface area contributed by atoms with Gasteiger partial charge < -0.3 is 10.2 Å². The monoisotopic (exact) mass is 365 g/mol. The second kappa shape index (κ2) is 7.72. The lowest BCUT2D eigenvalue weighted by Crippen LogP contribution is -2.37. The number of anilines is 1. The predicted octanol–water partition coefficient (Wildman–Crippen LogP) is 2.16. The fourth-order valence-electron chi connectivity index (χ4n) is 3.90. The standard InChI is InChI=1S/C18H27N3O3S/c1-2-21(16-8-9-25(23,24)13-16)17-10-14(11-19-12-17)18(22)20-15-6-4-3-5-7-15/h10-12,15-16H,2-9,13H2,1H3,(H,20,22). The lowest BCUT2D eigenvalue weighted by atomic mass is 9.95. The third-order valence-electron chi connectivity index (χ3n) is 5.25. The van der Waals surface area contributed by atoms with Crippen molar-refractivity contribution in [3.8, 4) is 0 Å². The first-order chi connectivity index (χ1) is 12.0. The number of pyridine rings is 1. The molecule has 1 aliphatic carbocycles. The molecule has 1 atom stereocenters. The molecule has 1 saturated carbocycles. The lowest BCUT2D eigenvalue weighted by molar-refractivity contribution is 0.0927. The van der Waals surface area contributed by atoms with Gasteiger partial charge in [0.05, 0.1) is 29.0 Å². The summed E-state index contributed by atoms with van der Waals surface area (Å²) >= 11 is 0. The van der Waals surface area contributed by atoms with E-state index in [1.807, 2.05) is 13.0 Å². The Balaban J connectivity index is 1.72. The molecule has 1 amide bonds. The van der Waals surface area contributed by atoms with Crippen LogP contribution < -0.4 is 10.2 Å². The van der Waals surface area contributed by atoms with Crippen LogP contribution in [0, 0.1) is 0 Å². The van der Waals surface area contributed by atoms with E-state index in [1.54, 1.807) is 12.4 Å². The number of nitrogens with one attached hydrogen (secondary N) is 1. The highest BCUT2D eigenvalue weighted by Gasteiger charge is 2.32. The van der Waals surface area contributed by atoms with Gasteiger partial charge in [-0.3, -0.25) is 9.78 Å². The minimum absolute atomic E-state index is 0.0338. The quantitative estimate of drug-likeness (QED) is 0.865. The molecule has 1 unspecified atom stereocenters. The minimum atomic E-state index is -2.95. The van der Waals surface area contributed by atoms with Crippen molar-refractivity contribution in [2.24, 2.45) is 0 Å². The fourth-order valence-corrected chi connectivity index (χ4v) is 5.63. The van der Waals surface area contributed by atoms with Crippen LogP contribution in [0.25, 0.3) is 0 Å². The molecule has 1 aromatic heterocycles. The Morgan fingerprint density at radius 1 is 1.24 bits per heavy atom. The summed E-state index contributed by atoms with van der Waals surface area (Å²) < 4.78 is 23.6. The average Bonchev–Trinajstić information content (AvgIpc) is 2.96. The molecule has 7 heteroatoms. The molecule has 6 nitrogen and oxygen atoms in total. The van der Waals surface area contributed by atoms with Crippen LogP contribution in [0.2, 0.25) is 0 Å². The molecule has 2 heterocycles. The molecule has 1 N–H and O–H groups in total. The maximum absolute atomic E-state index is 12.5. The molecular weight excluding hydrogens is 338 g/mol. The number of carbonyl (C=O) groups excluding carboxylic acids is 1. The van der Waals surface area contributed by atoms with E-state index in [0.717, 1.165) is 18.5 Å². The molecule has 0 spiro atoms. The van der Waals surface area contributed by atoms with E-state index >= 15 is 0 Å². The molecule has 1 aliphatic heterocycles. The molecule has 1 aromatic rings. The van der Waals surface area contributed by atoms with Gasteiger partial charge in [0.15, 0.2) is 9.84 Å². The number of amides is 1. The minimum Gasteiger partial charge on any atom is -0.367 e. The molecule has 0 radical (unpaired) electrons. The van der Waals surface area contributed by atoms with Crippen molar-refractivity contribution in [2.75, 3.05) is 23.0 Å². The van der Waals surface area contributed by atoms with Gasteiger partial charge in [0.1, 0.15) is 0 Å². The third kappa shape index (κ3) is 4.51. The Morgan fingerprint density at radius 3 is 2.64 bits per heavy atom. The van der Waals surface area contributed by atoms with Crippen molar-refractivity contribution < 1.29 is 13.2 Å². The topological polar surface area (TPSA) is 79.4 Å². The summed E-state index contributed by atoms with van der Waals surface area (Å²) in [4.78, 5) is 18.8. The van der Waals surface area contributed by atoms with Crippen molar-refractivity contribution in [2.45, 2.75) is 57.5 Å². The predicted molar refractivity (Wildman–Crippen MR) is 98.7 cm³/mol. The summed E-state index contributed by atoms with van der Waals surface area (Å²) in [5.74, 6) is 0.333. The Hall–Kier alpha value is -1.63. The second-order valence-corrected chi connectivity index (χ2v) is 9.31. The average molecular weight is 365 g/mol. The van der Waals surface area contributed by atoms with Gasteiger partial charge in [0, 0.05) is 24.8 Å². The van der Waals surface area contributed by atoms with Gasteiger partial charge >= 0.3 is 0 Å². The van der Waals surface area contributed by atoms with E-state index in [0.29, 0.717) is 18.5 Å². The zero-order valence-electron chi connectivity index (χ0n) is 14.8. The third-order valence-corrected chi connectivity index (χ3v) is 7.00. The molecule has 25 heavy (non-hydrogen) atoms. The molecule has 0 aromatic carbocycles. The first kappa shape index (κ1) is 18.2. The number of nitrogens with zero attached hydrogens (tertiary/aromatic N) is 2. The summed E-state index contributed by atoms with van der Waals surface area (Å²) in [5.41, 5.74) is 1.36. The highest BCUT2D eigenvalue weighted by atomic mass is 32.2. The summed E-state index contributed by atoms with van der Waals surface area (Å²) in [6, 6.07) is 2.06. The summed E-state index contributed by atoms with van der Waals surface area (Å²) in [6.07, 6.45) is 9.60. The molecule has 2 aliphatic rings. The zero-order chi connectivity index (χ0) is 17.9. The van der Waals surface area contributed by atoms with Crippen LogP contribution in [0.5, 0.6) is 0 Å². The molecule has 0 bridgehead atoms. The van der Waals surface area contributed by atoms with E-state index in [1.165, 1.54) is 19.3 Å². The normalized spacial score (nSPS) is 23.3. The number of hydrogen-bond acceptors (Lipinski definition) is 5. The zero-order valence-corrected chi connectivity index (χ0v) is 15.6. The van der Waals surface area contributed by atoms with Crippen molar-refractivity contribution in [3.05, 3.63) is 24.0 Å². The smallest absolute Gasteiger partial charge is 0.253 e. The number of rotatable bonds is 5. The van der Waals surface area contributed by atoms with Gasteiger partial charge in [-0.2, -0.15) is 0 Å². The molecular formula is C18H27N3O3S. The number of sulfone groups is 1. The SMILES string of the molecule is CCN(c1cncc(C(=O)NC2CCCCC2)c1)C1CCS(=O)(=O)C1. The fraction of sp³-hybridized carbons (Fsp3) is 0.667. The van der Waals surface area contributed by atoms with Crippen LogP contribution in [-0.4, -0.2) is 49.4 Å². The summed E-state index contributed by atoms with van der Waals surface area (Å²) in [7, 11) is -2.95. The molecule has 3 rings (SSSR count). The summed E-state index contributed by atoms with van der Waals surface area (Å²) in [6.45, 7) is 2.69. The highest BCUT2D eigenvalue weighted by Crippen LogP contribution is 2.24. The van der Waals surface area contributed by atoms with E-state index in [9.17, 15) is 13.2 Å². The van der Waals surface area contributed by atoms with Crippen LogP contribution in [0.15, 0.2) is 18.5 Å². The van der Waals surface area contributed by atoms with Crippen LogP contribution >= 0.6 is 0 Å². The lowest BCUT2D eigenvalue weighted by Gasteiger charge is -2.29. The maximum Gasteiger partial charge on any atom is 0.253 e. The Kier molecular flexibility index (Phi) is 5.61. The Bertz CT molecular complexity index is 714. The molecule has 138 valence electrons. The Labute approximate surface area is 149 Å². The second-order valence-electron chi connectivity index (χ2n) is 7.08. The largest absolute Gasteiger partial charge is 0.367 e. The van der Waals surface area contributed by atoms with Gasteiger partial charge in [-0.15, -0.1) is 0 Å². The van der Waals surface area contributed by atoms with E-state index in [-0.39, 0.29) is 29.5 Å². The van der Waals surface area contributed by atoms with Crippen LogP contribution in [-0.2, 0) is 9.84 Å². The number of carbonyl (C=O) groups is 1. The first-order valence-corrected chi connectivity index (χ1v) is 11.0. The number of hydrogen-bond donors (Lipinski definition) is 1. The van der Waals surface area contributed by atoms with Crippen LogP contribution in [0.1, 0.15) is 55.8 Å². The van der Waals surface area contributed by atoms with E-state index in [2.05, 4.69) is 15.2 Å². The van der Waals surface area contributed by atoms with Gasteiger partial charge in [0.25, 0.3) is 5.91 Å². The molecule has 1 saturated heterocycles. The number of aromatic nitrogens is 1. The molecule has 2 fully saturated rings. The van der Waals surface area contributed by atoms with Gasteiger partial charge in [0.2, 0.25) is 0 Å². The summed E-state index contributed by atoms with van der Waals surface area (Å²) in [5, 5.41) is 3.11. The van der Waals surface area contributed by atoms with Crippen molar-refractivity contribution >= 4 is 21.4 Å².